The van der Waals surface area contributed by atoms with Gasteiger partial charge in [-0.3, -0.25) is 5.32 Å². The summed E-state index contributed by atoms with van der Waals surface area (Å²) in [5, 5.41) is 10.7. The Hall–Kier alpha value is -2.63. The first-order valence-corrected chi connectivity index (χ1v) is 5.33. The Labute approximate surface area is 107 Å². The van der Waals surface area contributed by atoms with Gasteiger partial charge in [-0.1, -0.05) is 18.2 Å². The minimum Gasteiger partial charge on any atom is -0.465 e. The number of rotatable bonds is 2. The molecule has 4 nitrogen and oxygen atoms in total. The minimum absolute atomic E-state index is 0.0635. The van der Waals surface area contributed by atoms with Crippen LogP contribution >= 0.6 is 0 Å². The van der Waals surface area contributed by atoms with Crippen molar-refractivity contribution < 1.29 is 18.7 Å². The number of benzene rings is 2. The molecule has 0 aliphatic heterocycles. The fourth-order valence-electron chi connectivity index (χ4n) is 1.69. The number of halogens is 2. The van der Waals surface area contributed by atoms with Crippen molar-refractivity contribution in [3.8, 4) is 11.1 Å². The summed E-state index contributed by atoms with van der Waals surface area (Å²) in [7, 11) is 0. The van der Waals surface area contributed by atoms with Crippen LogP contribution in [0.4, 0.5) is 25.0 Å². The van der Waals surface area contributed by atoms with Crippen LogP contribution in [0.3, 0.4) is 0 Å². The third-order valence-electron chi connectivity index (χ3n) is 2.56. The molecular formula is C13H10F2N2O2. The van der Waals surface area contributed by atoms with Gasteiger partial charge in [0.05, 0.1) is 11.4 Å². The van der Waals surface area contributed by atoms with Gasteiger partial charge in [-0.15, -0.1) is 0 Å². The van der Waals surface area contributed by atoms with Crippen LogP contribution in [-0.4, -0.2) is 11.2 Å². The molecule has 98 valence electrons. The summed E-state index contributed by atoms with van der Waals surface area (Å²) in [5.41, 5.74) is 6.40. The van der Waals surface area contributed by atoms with Crippen LogP contribution in [0.15, 0.2) is 36.4 Å². The largest absolute Gasteiger partial charge is 0.465 e. The second-order valence-electron chi connectivity index (χ2n) is 3.83. The number of nitrogens with two attached hydrogens (primary N) is 1. The quantitative estimate of drug-likeness (QED) is 0.728. The van der Waals surface area contributed by atoms with E-state index in [1.165, 1.54) is 30.3 Å². The Morgan fingerprint density at radius 3 is 2.58 bits per heavy atom. The second-order valence-corrected chi connectivity index (χ2v) is 3.83. The minimum atomic E-state index is -1.25. The van der Waals surface area contributed by atoms with E-state index in [9.17, 15) is 13.6 Å². The lowest BCUT2D eigenvalue weighted by atomic mass is 10.0. The maximum atomic E-state index is 13.6. The highest BCUT2D eigenvalue weighted by molar-refractivity contribution is 5.89. The molecule has 1 amide bonds. The van der Waals surface area contributed by atoms with Crippen LogP contribution in [0.1, 0.15) is 0 Å². The summed E-state index contributed by atoms with van der Waals surface area (Å²) < 4.78 is 26.7. The fourth-order valence-corrected chi connectivity index (χ4v) is 1.69. The van der Waals surface area contributed by atoms with Crippen molar-refractivity contribution in [1.82, 2.24) is 0 Å². The van der Waals surface area contributed by atoms with Crippen molar-refractivity contribution in [2.45, 2.75) is 0 Å². The number of hydrogen-bond acceptors (Lipinski definition) is 2. The highest BCUT2D eigenvalue weighted by Crippen LogP contribution is 2.29. The first-order chi connectivity index (χ1) is 8.99. The number of nitrogens with one attached hydrogen (secondary N) is 1. The SMILES string of the molecule is Nc1cc(-c2cccc(F)c2F)ccc1NC(=O)O. The van der Waals surface area contributed by atoms with Crippen LogP contribution in [0.2, 0.25) is 0 Å². The van der Waals surface area contributed by atoms with Gasteiger partial charge in [0.15, 0.2) is 11.6 Å². The lowest BCUT2D eigenvalue weighted by Gasteiger charge is -2.09. The molecule has 0 radical (unpaired) electrons. The summed E-state index contributed by atoms with van der Waals surface area (Å²) in [6.45, 7) is 0. The van der Waals surface area contributed by atoms with Crippen LogP contribution in [0.25, 0.3) is 11.1 Å². The van der Waals surface area contributed by atoms with E-state index in [2.05, 4.69) is 5.32 Å². The Bertz CT molecular complexity index is 645. The predicted octanol–water partition coefficient (Wildman–Crippen LogP) is 3.30. The molecule has 0 bridgehead atoms. The fraction of sp³-hybridized carbons (Fsp3) is 0. The number of carbonyl (C=O) groups is 1. The van der Waals surface area contributed by atoms with Crippen molar-refractivity contribution >= 4 is 17.5 Å². The Kier molecular flexibility index (Phi) is 3.33. The molecule has 2 aromatic rings. The highest BCUT2D eigenvalue weighted by atomic mass is 19.2. The average Bonchev–Trinajstić information content (AvgIpc) is 2.35. The molecule has 19 heavy (non-hydrogen) atoms. The summed E-state index contributed by atoms with van der Waals surface area (Å²) in [6, 6.07) is 8.04. The van der Waals surface area contributed by atoms with Gasteiger partial charge in [0.25, 0.3) is 0 Å². The van der Waals surface area contributed by atoms with Gasteiger partial charge in [-0.05, 0) is 23.8 Å². The molecular weight excluding hydrogens is 254 g/mol. The molecule has 0 spiro atoms. The molecule has 0 atom stereocenters. The summed E-state index contributed by atoms with van der Waals surface area (Å²) >= 11 is 0. The molecule has 0 saturated heterocycles. The molecule has 4 N–H and O–H groups in total. The summed E-state index contributed by atoms with van der Waals surface area (Å²) in [5.74, 6) is -1.93. The molecule has 0 aromatic heterocycles. The van der Waals surface area contributed by atoms with E-state index >= 15 is 0 Å². The molecule has 0 heterocycles. The Morgan fingerprint density at radius 1 is 1.21 bits per heavy atom. The molecule has 2 aromatic carbocycles. The number of nitrogen functional groups attached to an aromatic ring is 1. The number of carboxylic acid groups (broad SMARTS) is 1. The van der Waals surface area contributed by atoms with E-state index in [4.69, 9.17) is 10.8 Å². The molecule has 0 saturated carbocycles. The van der Waals surface area contributed by atoms with Crippen molar-refractivity contribution in [3.05, 3.63) is 48.0 Å². The predicted molar refractivity (Wildman–Crippen MR) is 67.9 cm³/mol. The average molecular weight is 264 g/mol. The standard InChI is InChI=1S/C13H10F2N2O2/c14-9-3-1-2-8(12(9)15)7-4-5-11(10(16)6-7)17-13(18)19/h1-6,17H,16H2,(H,18,19). The molecule has 2 rings (SSSR count). The van der Waals surface area contributed by atoms with E-state index in [0.29, 0.717) is 5.56 Å². The van der Waals surface area contributed by atoms with Gasteiger partial charge in [0.1, 0.15) is 0 Å². The first-order valence-electron chi connectivity index (χ1n) is 5.33. The van der Waals surface area contributed by atoms with Gasteiger partial charge >= 0.3 is 6.09 Å². The topological polar surface area (TPSA) is 75.3 Å². The first kappa shape index (κ1) is 12.8. The van der Waals surface area contributed by atoms with Crippen molar-refractivity contribution in [2.24, 2.45) is 0 Å². The smallest absolute Gasteiger partial charge is 0.409 e. The highest BCUT2D eigenvalue weighted by Gasteiger charge is 2.11. The Morgan fingerprint density at radius 2 is 1.95 bits per heavy atom. The number of amides is 1. The molecule has 0 fully saturated rings. The van der Waals surface area contributed by atoms with Gasteiger partial charge in [-0.2, -0.15) is 0 Å². The number of anilines is 2. The third-order valence-corrected chi connectivity index (χ3v) is 2.56. The molecule has 0 aliphatic carbocycles. The maximum Gasteiger partial charge on any atom is 0.409 e. The zero-order chi connectivity index (χ0) is 14.0. The summed E-state index contributed by atoms with van der Waals surface area (Å²) in [6.07, 6.45) is -1.25. The number of hydrogen-bond donors (Lipinski definition) is 3. The van der Waals surface area contributed by atoms with Gasteiger partial charge in [-0.25, -0.2) is 13.6 Å². The van der Waals surface area contributed by atoms with Gasteiger partial charge in [0.2, 0.25) is 0 Å². The van der Waals surface area contributed by atoms with Gasteiger partial charge in [0, 0.05) is 5.56 Å². The van der Waals surface area contributed by atoms with E-state index in [1.807, 2.05) is 0 Å². The molecule has 6 heteroatoms. The molecule has 0 unspecified atom stereocenters. The maximum absolute atomic E-state index is 13.6. The lowest BCUT2D eigenvalue weighted by molar-refractivity contribution is 0.210. The van der Waals surface area contributed by atoms with Crippen molar-refractivity contribution in [2.75, 3.05) is 11.1 Å². The van der Waals surface area contributed by atoms with Crippen LogP contribution in [0, 0.1) is 11.6 Å². The van der Waals surface area contributed by atoms with E-state index in [0.717, 1.165) is 6.07 Å². The second kappa shape index (κ2) is 4.93. The van der Waals surface area contributed by atoms with Crippen LogP contribution in [0.5, 0.6) is 0 Å². The Balaban J connectivity index is 2.44. The van der Waals surface area contributed by atoms with Crippen molar-refractivity contribution in [3.63, 3.8) is 0 Å². The monoisotopic (exact) mass is 264 g/mol. The van der Waals surface area contributed by atoms with Crippen molar-refractivity contribution in [1.29, 1.82) is 0 Å². The van der Waals surface area contributed by atoms with E-state index in [-0.39, 0.29) is 16.9 Å². The zero-order valence-electron chi connectivity index (χ0n) is 9.65. The van der Waals surface area contributed by atoms with E-state index < -0.39 is 17.7 Å². The van der Waals surface area contributed by atoms with Crippen LogP contribution in [-0.2, 0) is 0 Å². The van der Waals surface area contributed by atoms with Crippen LogP contribution < -0.4 is 11.1 Å². The summed E-state index contributed by atoms with van der Waals surface area (Å²) in [4.78, 5) is 10.5. The lowest BCUT2D eigenvalue weighted by Crippen LogP contribution is -2.09. The zero-order valence-corrected chi connectivity index (χ0v) is 9.65. The molecule has 0 aliphatic rings. The van der Waals surface area contributed by atoms with Gasteiger partial charge < -0.3 is 10.8 Å². The third kappa shape index (κ3) is 2.62. The van der Waals surface area contributed by atoms with E-state index in [1.54, 1.807) is 0 Å². The normalized spacial score (nSPS) is 10.2.